The maximum Gasteiger partial charge on any atom is 1.00 e. The van der Waals surface area contributed by atoms with Gasteiger partial charge in [0.1, 0.15) is 0 Å². The zero-order chi connectivity index (χ0) is 12.7. The average molecular weight is 350 g/mol. The van der Waals surface area contributed by atoms with Crippen molar-refractivity contribution in [3.05, 3.63) is 78.9 Å². The number of fused-ring (bicyclic) bond motifs is 3. The largest absolute Gasteiger partial charge is 1.00 e. The molecule has 4 rings (SSSR count). The Balaban J connectivity index is 0.00000121. The first-order chi connectivity index (χ1) is 9.45. The summed E-state index contributed by atoms with van der Waals surface area (Å²) < 4.78 is 2.29. The van der Waals surface area contributed by atoms with Crippen LogP contribution >= 0.6 is 0 Å². The second kappa shape index (κ2) is 5.29. The molecule has 0 amide bonds. The fourth-order valence-corrected chi connectivity index (χ4v) is 2.72. The van der Waals surface area contributed by atoms with Gasteiger partial charge in [-0.2, -0.15) is 24.3 Å². The van der Waals surface area contributed by atoms with Crippen LogP contribution in [0.3, 0.4) is 0 Å². The van der Waals surface area contributed by atoms with Gasteiger partial charge < -0.3 is 4.57 Å². The molecule has 100 valence electrons. The van der Waals surface area contributed by atoms with E-state index in [-0.39, 0.29) is 22.4 Å². The second-order valence-electron chi connectivity index (χ2n) is 4.63. The van der Waals surface area contributed by atoms with E-state index < -0.39 is 0 Å². The monoisotopic (exact) mass is 349 g/mol. The predicted molar refractivity (Wildman–Crippen MR) is 79.6 cm³/mol. The van der Waals surface area contributed by atoms with E-state index in [0.717, 1.165) is 0 Å². The Hall–Kier alpha value is -1.80. The van der Waals surface area contributed by atoms with Crippen LogP contribution < -0.4 is 0 Å². The van der Waals surface area contributed by atoms with E-state index in [9.17, 15) is 0 Å². The average Bonchev–Trinajstić information content (AvgIpc) is 2.83. The Morgan fingerprint density at radius 3 is 2.25 bits per heavy atom. The topological polar surface area (TPSA) is 4.93 Å². The molecule has 0 aliphatic carbocycles. The molecule has 0 unspecified atom stereocenters. The summed E-state index contributed by atoms with van der Waals surface area (Å²) in [5, 5.41) is 2.56. The number of hydrogen-bond donors (Lipinski definition) is 0. The molecule has 3 aromatic carbocycles. The molecule has 0 atom stereocenters. The Morgan fingerprint density at radius 2 is 1.40 bits per heavy atom. The van der Waals surface area contributed by atoms with Gasteiger partial charge in [0.2, 0.25) is 0 Å². The quantitative estimate of drug-likeness (QED) is 0.350. The van der Waals surface area contributed by atoms with Gasteiger partial charge in [0, 0.05) is 11.2 Å². The van der Waals surface area contributed by atoms with Gasteiger partial charge in [-0.25, -0.2) is 0 Å². The van der Waals surface area contributed by atoms with Crippen LogP contribution in [0.15, 0.2) is 72.8 Å². The maximum atomic E-state index is 3.19. The molecule has 1 nitrogen and oxygen atoms in total. The van der Waals surface area contributed by atoms with Gasteiger partial charge in [0.15, 0.2) is 0 Å². The van der Waals surface area contributed by atoms with Crippen LogP contribution in [0.25, 0.3) is 27.5 Å². The summed E-state index contributed by atoms with van der Waals surface area (Å²) >= 11 is 0. The van der Waals surface area contributed by atoms with E-state index in [1.807, 2.05) is 12.1 Å². The number of benzene rings is 3. The van der Waals surface area contributed by atoms with E-state index in [4.69, 9.17) is 0 Å². The molecular formula is C18H12AgN. The summed E-state index contributed by atoms with van der Waals surface area (Å²) in [5.41, 5.74) is 3.63. The van der Waals surface area contributed by atoms with Crippen molar-refractivity contribution in [2.75, 3.05) is 0 Å². The molecule has 0 N–H and O–H groups in total. The van der Waals surface area contributed by atoms with E-state index >= 15 is 0 Å². The summed E-state index contributed by atoms with van der Waals surface area (Å²) in [6.07, 6.45) is 0. The Bertz CT molecular complexity index is 809. The summed E-state index contributed by atoms with van der Waals surface area (Å²) in [6, 6.07) is 28.3. The minimum Gasteiger partial charge on any atom is -0.364 e. The molecule has 0 radical (unpaired) electrons. The molecule has 0 fully saturated rings. The molecule has 4 aromatic rings. The molecule has 20 heavy (non-hydrogen) atoms. The zero-order valence-electron chi connectivity index (χ0n) is 10.7. The first kappa shape index (κ1) is 13.2. The minimum absolute atomic E-state index is 0. The van der Waals surface area contributed by atoms with Gasteiger partial charge in [-0.15, -0.1) is 5.39 Å². The third-order valence-corrected chi connectivity index (χ3v) is 3.53. The van der Waals surface area contributed by atoms with Crippen molar-refractivity contribution >= 4 is 21.8 Å². The Morgan fingerprint density at radius 1 is 0.700 bits per heavy atom. The van der Waals surface area contributed by atoms with Crippen LogP contribution in [-0.2, 0) is 22.4 Å². The maximum absolute atomic E-state index is 3.19. The molecule has 0 aliphatic heterocycles. The van der Waals surface area contributed by atoms with Crippen LogP contribution in [-0.4, -0.2) is 4.57 Å². The zero-order valence-corrected chi connectivity index (χ0v) is 12.2. The van der Waals surface area contributed by atoms with Gasteiger partial charge in [0.25, 0.3) is 0 Å². The van der Waals surface area contributed by atoms with Crippen molar-refractivity contribution in [3.8, 4) is 5.69 Å². The Kier molecular flexibility index (Phi) is 3.49. The molecule has 1 heterocycles. The van der Waals surface area contributed by atoms with E-state index in [2.05, 4.69) is 71.3 Å². The Labute approximate surface area is 133 Å². The van der Waals surface area contributed by atoms with Gasteiger partial charge in [-0.1, -0.05) is 41.9 Å². The molecule has 0 bridgehead atoms. The first-order valence-electron chi connectivity index (χ1n) is 6.40. The second-order valence-corrected chi connectivity index (χ2v) is 4.63. The molecule has 0 saturated heterocycles. The summed E-state index contributed by atoms with van der Waals surface area (Å²) in [5.74, 6) is 0. The molecule has 0 spiro atoms. The van der Waals surface area contributed by atoms with Crippen molar-refractivity contribution < 1.29 is 22.4 Å². The normalized spacial score (nSPS) is 10.6. The van der Waals surface area contributed by atoms with Crippen LogP contribution in [0, 0.1) is 6.07 Å². The SMILES string of the molecule is [Ag+].[c-]1ccc2c3ccccc3n(-c3ccccc3)c2c1. The summed E-state index contributed by atoms with van der Waals surface area (Å²) in [7, 11) is 0. The van der Waals surface area contributed by atoms with E-state index in [0.29, 0.717) is 0 Å². The van der Waals surface area contributed by atoms with Crippen LogP contribution in [0.1, 0.15) is 0 Å². The smallest absolute Gasteiger partial charge is 0.364 e. The van der Waals surface area contributed by atoms with Crippen molar-refractivity contribution in [3.63, 3.8) is 0 Å². The van der Waals surface area contributed by atoms with Gasteiger partial charge in [-0.3, -0.25) is 0 Å². The van der Waals surface area contributed by atoms with E-state index in [1.54, 1.807) is 0 Å². The summed E-state index contributed by atoms with van der Waals surface area (Å²) in [4.78, 5) is 0. The number of para-hydroxylation sites is 2. The van der Waals surface area contributed by atoms with Gasteiger partial charge in [-0.05, 0) is 23.6 Å². The molecule has 0 saturated carbocycles. The fourth-order valence-electron chi connectivity index (χ4n) is 2.72. The van der Waals surface area contributed by atoms with Crippen molar-refractivity contribution in [2.45, 2.75) is 0 Å². The molecule has 1 aromatic heterocycles. The third-order valence-electron chi connectivity index (χ3n) is 3.53. The first-order valence-corrected chi connectivity index (χ1v) is 6.40. The number of hydrogen-bond acceptors (Lipinski definition) is 0. The van der Waals surface area contributed by atoms with Crippen molar-refractivity contribution in [2.24, 2.45) is 0 Å². The van der Waals surface area contributed by atoms with Gasteiger partial charge >= 0.3 is 22.4 Å². The number of rotatable bonds is 1. The number of aromatic nitrogens is 1. The van der Waals surface area contributed by atoms with Gasteiger partial charge in [0.05, 0.1) is 0 Å². The van der Waals surface area contributed by atoms with Crippen LogP contribution in [0.5, 0.6) is 0 Å². The van der Waals surface area contributed by atoms with Crippen LogP contribution in [0.2, 0.25) is 0 Å². The fraction of sp³-hybridized carbons (Fsp3) is 0. The third kappa shape index (κ3) is 1.92. The van der Waals surface area contributed by atoms with Crippen LogP contribution in [0.4, 0.5) is 0 Å². The summed E-state index contributed by atoms with van der Waals surface area (Å²) in [6.45, 7) is 0. The predicted octanol–water partition coefficient (Wildman–Crippen LogP) is 4.58. The minimum atomic E-state index is 0. The standard InChI is InChI=1S/C18H12N.Ag/c1-2-8-14(9-3-1)19-17-12-6-4-10-15(17)16-11-5-7-13-18(16)19;/h1-6,8-13H;/q-1;+1. The molecular weight excluding hydrogens is 338 g/mol. The molecule has 2 heteroatoms. The number of nitrogens with zero attached hydrogens (tertiary/aromatic N) is 1. The van der Waals surface area contributed by atoms with Crippen molar-refractivity contribution in [1.29, 1.82) is 0 Å². The van der Waals surface area contributed by atoms with E-state index in [1.165, 1.54) is 27.5 Å². The van der Waals surface area contributed by atoms with Crippen molar-refractivity contribution in [1.82, 2.24) is 4.57 Å². The molecule has 0 aliphatic rings.